The lowest BCUT2D eigenvalue weighted by Crippen LogP contribution is -2.45. The van der Waals surface area contributed by atoms with Gasteiger partial charge in [-0.3, -0.25) is 4.79 Å². The average molecular weight is 453 g/mol. The van der Waals surface area contributed by atoms with E-state index >= 15 is 0 Å². The second-order valence-corrected chi connectivity index (χ2v) is 16.6. The molecule has 0 saturated heterocycles. The summed E-state index contributed by atoms with van der Waals surface area (Å²) in [5, 5.41) is 0.206. The Morgan fingerprint density at radius 1 is 0.774 bits per heavy atom. The van der Waals surface area contributed by atoms with Crippen molar-refractivity contribution in [2.45, 2.75) is 162 Å². The zero-order chi connectivity index (χ0) is 23.3. The minimum Gasteiger partial charge on any atom is -0.413 e. The van der Waals surface area contributed by atoms with E-state index in [1.54, 1.807) is 0 Å². The molecule has 0 amide bonds. The number of hydrogen-bond donors (Lipinski definition) is 0. The van der Waals surface area contributed by atoms with Gasteiger partial charge in [-0.15, -0.1) is 0 Å². The van der Waals surface area contributed by atoms with Crippen molar-refractivity contribution in [3.05, 3.63) is 0 Å². The molecule has 0 aromatic rings. The number of Topliss-reactive ketones (excluding diaryl/α,β-unsaturated/α-hetero) is 1. The fraction of sp³-hybridized carbons (Fsp3) is 0.964. The van der Waals surface area contributed by atoms with Crippen LogP contribution < -0.4 is 0 Å². The number of carbonyl (C=O) groups is 1. The Labute approximate surface area is 196 Å². The van der Waals surface area contributed by atoms with E-state index < -0.39 is 8.32 Å². The van der Waals surface area contributed by atoms with E-state index in [-0.39, 0.29) is 23.0 Å². The first-order valence-corrected chi connectivity index (χ1v) is 16.8. The van der Waals surface area contributed by atoms with Crippen molar-refractivity contribution in [2.75, 3.05) is 0 Å². The lowest BCUT2D eigenvalue weighted by atomic mass is 9.93. The van der Waals surface area contributed by atoms with Crippen LogP contribution in [0.5, 0.6) is 0 Å². The monoisotopic (exact) mass is 452 g/mol. The second kappa shape index (κ2) is 14.9. The molecule has 0 unspecified atom stereocenters. The van der Waals surface area contributed by atoms with Gasteiger partial charge in [0.2, 0.25) is 0 Å². The van der Waals surface area contributed by atoms with Crippen LogP contribution in [-0.4, -0.2) is 20.2 Å². The number of ketones is 1. The molecule has 0 N–H and O–H groups in total. The van der Waals surface area contributed by atoms with Crippen molar-refractivity contribution >= 4 is 14.1 Å². The highest BCUT2D eigenvalue weighted by molar-refractivity contribution is 6.74. The maximum atomic E-state index is 13.3. The molecule has 1 aliphatic rings. The summed E-state index contributed by atoms with van der Waals surface area (Å²) in [7, 11) is -1.84. The predicted octanol–water partition coefficient (Wildman–Crippen LogP) is 9.47. The van der Waals surface area contributed by atoms with E-state index in [0.717, 1.165) is 19.3 Å². The quantitative estimate of drug-likeness (QED) is 0.162. The molecule has 0 heterocycles. The fourth-order valence-electron chi connectivity index (χ4n) is 4.81. The third kappa shape index (κ3) is 10.5. The standard InChI is InChI=1S/C28H56O2Si/c1-8-10-12-14-15-16-17-18-19-21-24-23-26(30-31(6,7)28(3,4)5)25(27(24)29)22-20-13-11-9-2/h24-26H,8-23H2,1-7H3/t24-,25-,26-/m1/s1. The summed E-state index contributed by atoms with van der Waals surface area (Å²) in [6, 6.07) is 0. The van der Waals surface area contributed by atoms with Gasteiger partial charge in [-0.2, -0.15) is 0 Å². The molecule has 0 aromatic carbocycles. The van der Waals surface area contributed by atoms with Gasteiger partial charge in [0.25, 0.3) is 0 Å². The topological polar surface area (TPSA) is 26.3 Å². The summed E-state index contributed by atoms with van der Waals surface area (Å²) in [4.78, 5) is 13.3. The molecule has 184 valence electrons. The van der Waals surface area contributed by atoms with Gasteiger partial charge in [-0.25, -0.2) is 0 Å². The Hall–Kier alpha value is -0.153. The molecule has 1 aliphatic carbocycles. The number of rotatable bonds is 17. The van der Waals surface area contributed by atoms with Crippen molar-refractivity contribution in [1.82, 2.24) is 0 Å². The average Bonchev–Trinajstić information content (AvgIpc) is 2.97. The summed E-state index contributed by atoms with van der Waals surface area (Å²) in [5.74, 6) is 0.963. The third-order valence-corrected chi connectivity index (χ3v) is 12.5. The largest absolute Gasteiger partial charge is 0.413 e. The van der Waals surface area contributed by atoms with Gasteiger partial charge < -0.3 is 4.43 Å². The molecule has 0 aliphatic heterocycles. The normalized spacial score (nSPS) is 22.4. The van der Waals surface area contributed by atoms with Crippen LogP contribution in [0.4, 0.5) is 0 Å². The van der Waals surface area contributed by atoms with Crippen molar-refractivity contribution in [2.24, 2.45) is 11.8 Å². The SMILES string of the molecule is CCCCCCCCCCC[C@@H]1C[C@@H](O[Si](C)(C)C(C)(C)C)[C@@H](CCCCCC)C1=O. The lowest BCUT2D eigenvalue weighted by Gasteiger charge is -2.39. The molecule has 1 rings (SSSR count). The van der Waals surface area contributed by atoms with Crippen LogP contribution in [0.1, 0.15) is 137 Å². The van der Waals surface area contributed by atoms with E-state index in [9.17, 15) is 4.79 Å². The van der Waals surface area contributed by atoms with E-state index in [1.807, 2.05) is 0 Å². The zero-order valence-corrected chi connectivity index (χ0v) is 23.4. The Bertz CT molecular complexity index is 480. The third-order valence-electron chi connectivity index (χ3n) is 8.01. The van der Waals surface area contributed by atoms with Crippen molar-refractivity contribution in [1.29, 1.82) is 0 Å². The maximum absolute atomic E-state index is 13.3. The number of carbonyl (C=O) groups excluding carboxylic acids is 1. The molecule has 0 aromatic heterocycles. The lowest BCUT2D eigenvalue weighted by molar-refractivity contribution is -0.125. The molecule has 0 bridgehead atoms. The molecular formula is C28H56O2Si. The highest BCUT2D eigenvalue weighted by Crippen LogP contribution is 2.43. The Kier molecular flexibility index (Phi) is 13.9. The molecule has 0 radical (unpaired) electrons. The minimum atomic E-state index is -1.84. The molecular weight excluding hydrogens is 396 g/mol. The Morgan fingerprint density at radius 3 is 1.74 bits per heavy atom. The molecule has 0 spiro atoms. The molecule has 3 atom stereocenters. The van der Waals surface area contributed by atoms with Crippen LogP contribution >= 0.6 is 0 Å². The Balaban J connectivity index is 2.51. The molecule has 31 heavy (non-hydrogen) atoms. The van der Waals surface area contributed by atoms with E-state index in [2.05, 4.69) is 47.7 Å². The fourth-order valence-corrected chi connectivity index (χ4v) is 6.18. The van der Waals surface area contributed by atoms with Crippen molar-refractivity contribution in [3.63, 3.8) is 0 Å². The van der Waals surface area contributed by atoms with Gasteiger partial charge in [-0.05, 0) is 37.4 Å². The van der Waals surface area contributed by atoms with Crippen LogP contribution in [0, 0.1) is 11.8 Å². The van der Waals surface area contributed by atoms with Gasteiger partial charge >= 0.3 is 0 Å². The van der Waals surface area contributed by atoms with Gasteiger partial charge in [0.15, 0.2) is 8.32 Å². The number of hydrogen-bond acceptors (Lipinski definition) is 2. The highest BCUT2D eigenvalue weighted by atomic mass is 28.4. The van der Waals surface area contributed by atoms with Gasteiger partial charge in [0.1, 0.15) is 5.78 Å². The summed E-state index contributed by atoms with van der Waals surface area (Å²) in [5.41, 5.74) is 0. The van der Waals surface area contributed by atoms with E-state index in [1.165, 1.54) is 83.5 Å². The van der Waals surface area contributed by atoms with Gasteiger partial charge in [0, 0.05) is 11.8 Å². The summed E-state index contributed by atoms with van der Waals surface area (Å²) in [6.45, 7) is 16.2. The van der Waals surface area contributed by atoms with Crippen molar-refractivity contribution < 1.29 is 9.22 Å². The van der Waals surface area contributed by atoms with Crippen LogP contribution in [-0.2, 0) is 9.22 Å². The van der Waals surface area contributed by atoms with Crippen LogP contribution in [0.2, 0.25) is 18.1 Å². The second-order valence-electron chi connectivity index (χ2n) is 11.8. The first-order valence-electron chi connectivity index (χ1n) is 13.9. The van der Waals surface area contributed by atoms with Gasteiger partial charge in [0.05, 0.1) is 6.10 Å². The summed E-state index contributed by atoms with van der Waals surface area (Å²) >= 11 is 0. The van der Waals surface area contributed by atoms with E-state index in [4.69, 9.17) is 4.43 Å². The van der Waals surface area contributed by atoms with Crippen molar-refractivity contribution in [3.8, 4) is 0 Å². The summed E-state index contributed by atoms with van der Waals surface area (Å²) < 4.78 is 6.84. The zero-order valence-electron chi connectivity index (χ0n) is 22.4. The molecule has 1 saturated carbocycles. The molecule has 1 fully saturated rings. The first-order chi connectivity index (χ1) is 14.6. The summed E-state index contributed by atoms with van der Waals surface area (Å²) in [6.07, 6.45) is 20.5. The van der Waals surface area contributed by atoms with Crippen LogP contribution in [0.25, 0.3) is 0 Å². The minimum absolute atomic E-state index is 0.162. The number of unbranched alkanes of at least 4 members (excludes halogenated alkanes) is 11. The molecule has 2 nitrogen and oxygen atoms in total. The maximum Gasteiger partial charge on any atom is 0.192 e. The van der Waals surface area contributed by atoms with Crippen LogP contribution in [0.3, 0.4) is 0 Å². The molecule has 3 heteroatoms. The van der Waals surface area contributed by atoms with Crippen LogP contribution in [0.15, 0.2) is 0 Å². The van der Waals surface area contributed by atoms with Gasteiger partial charge in [-0.1, -0.05) is 118 Å². The Morgan fingerprint density at radius 2 is 1.23 bits per heavy atom. The smallest absolute Gasteiger partial charge is 0.192 e. The van der Waals surface area contributed by atoms with E-state index in [0.29, 0.717) is 5.78 Å². The predicted molar refractivity (Wildman–Crippen MR) is 139 cm³/mol. The first kappa shape index (κ1) is 28.9. The highest BCUT2D eigenvalue weighted by Gasteiger charge is 2.47.